The Morgan fingerprint density at radius 1 is 1.37 bits per heavy atom. The van der Waals surface area contributed by atoms with Crippen LogP contribution in [-0.4, -0.2) is 61.1 Å². The number of anilines is 2. The summed E-state index contributed by atoms with van der Waals surface area (Å²) in [6, 6.07) is 3.96. The molecule has 12 nitrogen and oxygen atoms in total. The summed E-state index contributed by atoms with van der Waals surface area (Å²) < 4.78 is 30.2. The molecule has 0 aliphatic carbocycles. The first-order valence-corrected chi connectivity index (χ1v) is 11.7. The molecule has 2 aromatic rings. The first-order valence-electron chi connectivity index (χ1n) is 8.07. The van der Waals surface area contributed by atoms with Crippen LogP contribution < -0.4 is 9.62 Å². The highest BCUT2D eigenvalue weighted by Gasteiger charge is 2.26. The van der Waals surface area contributed by atoms with Crippen LogP contribution in [0.25, 0.3) is 0 Å². The Kier molecular flexibility index (Phi) is 7.69. The van der Waals surface area contributed by atoms with Gasteiger partial charge in [-0.15, -0.1) is 10.2 Å². The fraction of sp³-hybridized carbons (Fsp3) is 0.333. The molecule has 1 amide bonds. The third-order valence-corrected chi connectivity index (χ3v) is 6.70. The molecule has 0 unspecified atom stereocenters. The summed E-state index contributed by atoms with van der Waals surface area (Å²) >= 11 is 2.07. The molecule has 0 fully saturated rings. The lowest BCUT2D eigenvalue weighted by atomic mass is 10.1. The van der Waals surface area contributed by atoms with E-state index >= 15 is 0 Å². The second-order valence-corrected chi connectivity index (χ2v) is 9.84. The van der Waals surface area contributed by atoms with Crippen LogP contribution in [0, 0.1) is 17.0 Å². The Morgan fingerprint density at radius 3 is 2.67 bits per heavy atom. The molecule has 2 rings (SSSR count). The van der Waals surface area contributed by atoms with Gasteiger partial charge in [0.1, 0.15) is 6.54 Å². The van der Waals surface area contributed by atoms with Crippen molar-refractivity contribution >= 4 is 61.5 Å². The van der Waals surface area contributed by atoms with Gasteiger partial charge >= 0.3 is 5.97 Å². The molecule has 1 N–H and O–H groups in total. The SMILES string of the molecule is COC(=O)CSc1nnc(NC(=O)CN(c2cccc([N+](=O)[O-])c2C)S(C)(=O)=O)s1. The Morgan fingerprint density at radius 2 is 2.07 bits per heavy atom. The van der Waals surface area contributed by atoms with Crippen LogP contribution in [-0.2, 0) is 24.3 Å². The number of methoxy groups -OCH3 is 1. The number of nitrogens with one attached hydrogen (secondary N) is 1. The maximum atomic E-state index is 12.4. The monoisotopic (exact) mass is 475 g/mol. The number of nitro groups is 1. The average molecular weight is 476 g/mol. The van der Waals surface area contributed by atoms with E-state index in [2.05, 4.69) is 20.3 Å². The van der Waals surface area contributed by atoms with Crippen molar-refractivity contribution in [3.05, 3.63) is 33.9 Å². The molecule has 0 saturated heterocycles. The molecule has 0 aliphatic rings. The maximum Gasteiger partial charge on any atom is 0.316 e. The van der Waals surface area contributed by atoms with Crippen molar-refractivity contribution in [2.24, 2.45) is 0 Å². The average Bonchev–Trinajstić information content (AvgIpc) is 3.10. The number of nitrogens with zero attached hydrogens (tertiary/aromatic N) is 4. The zero-order valence-electron chi connectivity index (χ0n) is 16.0. The number of carbonyl (C=O) groups excluding carboxylic acids is 2. The van der Waals surface area contributed by atoms with E-state index < -0.39 is 33.4 Å². The number of aromatic nitrogens is 2. The topological polar surface area (TPSA) is 162 Å². The summed E-state index contributed by atoms with van der Waals surface area (Å²) in [5.41, 5.74) is -0.135. The van der Waals surface area contributed by atoms with E-state index in [4.69, 9.17) is 0 Å². The van der Waals surface area contributed by atoms with Gasteiger partial charge < -0.3 is 4.74 Å². The Balaban J connectivity index is 2.16. The minimum absolute atomic E-state index is 0.0208. The number of ether oxygens (including phenoxy) is 1. The number of hydrogen-bond donors (Lipinski definition) is 1. The number of esters is 1. The number of carbonyl (C=O) groups is 2. The molecule has 0 saturated carbocycles. The van der Waals surface area contributed by atoms with Crippen LogP contribution in [0.1, 0.15) is 5.56 Å². The third-order valence-electron chi connectivity index (χ3n) is 3.62. The second-order valence-electron chi connectivity index (χ2n) is 5.73. The van der Waals surface area contributed by atoms with Gasteiger partial charge in [0.25, 0.3) is 5.69 Å². The van der Waals surface area contributed by atoms with E-state index in [-0.39, 0.29) is 27.8 Å². The van der Waals surface area contributed by atoms with E-state index in [1.54, 1.807) is 0 Å². The fourth-order valence-corrected chi connectivity index (χ4v) is 4.76. The molecule has 162 valence electrons. The predicted molar refractivity (Wildman–Crippen MR) is 111 cm³/mol. The van der Waals surface area contributed by atoms with Crippen molar-refractivity contribution < 1.29 is 27.7 Å². The summed E-state index contributed by atoms with van der Waals surface area (Å²) in [6.45, 7) is 0.782. The van der Waals surface area contributed by atoms with Crippen LogP contribution in [0.5, 0.6) is 0 Å². The normalized spacial score (nSPS) is 11.0. The molecule has 1 heterocycles. The number of amides is 1. The molecule has 30 heavy (non-hydrogen) atoms. The van der Waals surface area contributed by atoms with Gasteiger partial charge in [0.2, 0.25) is 21.1 Å². The van der Waals surface area contributed by atoms with Gasteiger partial charge in [-0.2, -0.15) is 0 Å². The lowest BCUT2D eigenvalue weighted by Gasteiger charge is -2.23. The highest BCUT2D eigenvalue weighted by atomic mass is 32.2. The summed E-state index contributed by atoms with van der Waals surface area (Å²) in [4.78, 5) is 34.1. The van der Waals surface area contributed by atoms with Crippen molar-refractivity contribution in [1.29, 1.82) is 0 Å². The van der Waals surface area contributed by atoms with Crippen LogP contribution in [0.2, 0.25) is 0 Å². The van der Waals surface area contributed by atoms with Crippen LogP contribution >= 0.6 is 23.1 Å². The number of hydrogen-bond acceptors (Lipinski definition) is 11. The number of rotatable bonds is 9. The zero-order chi connectivity index (χ0) is 22.5. The van der Waals surface area contributed by atoms with Crippen molar-refractivity contribution in [1.82, 2.24) is 10.2 Å². The summed E-state index contributed by atoms with van der Waals surface area (Å²) in [5, 5.41) is 21.2. The first kappa shape index (κ1) is 23.5. The second kappa shape index (κ2) is 9.82. The van der Waals surface area contributed by atoms with Crippen molar-refractivity contribution in [2.45, 2.75) is 11.3 Å². The first-order chi connectivity index (χ1) is 14.0. The minimum Gasteiger partial charge on any atom is -0.468 e. The van der Waals surface area contributed by atoms with Crippen molar-refractivity contribution in [3.8, 4) is 0 Å². The smallest absolute Gasteiger partial charge is 0.316 e. The summed E-state index contributed by atoms with van der Waals surface area (Å²) in [5.74, 6) is -1.14. The van der Waals surface area contributed by atoms with E-state index in [0.29, 0.717) is 4.34 Å². The molecule has 1 aromatic heterocycles. The largest absolute Gasteiger partial charge is 0.468 e. The van der Waals surface area contributed by atoms with Crippen molar-refractivity contribution in [2.75, 3.05) is 35.3 Å². The van der Waals surface area contributed by atoms with Gasteiger partial charge in [-0.1, -0.05) is 29.2 Å². The molecular weight excluding hydrogens is 458 g/mol. The van der Waals surface area contributed by atoms with E-state index in [0.717, 1.165) is 33.7 Å². The fourth-order valence-electron chi connectivity index (χ4n) is 2.25. The van der Waals surface area contributed by atoms with E-state index in [1.807, 2.05) is 0 Å². The number of nitro benzene ring substituents is 1. The third kappa shape index (κ3) is 6.11. The predicted octanol–water partition coefficient (Wildman–Crippen LogP) is 1.42. The number of benzene rings is 1. The Bertz CT molecular complexity index is 1070. The summed E-state index contributed by atoms with van der Waals surface area (Å²) in [7, 11) is -2.67. The minimum atomic E-state index is -3.92. The van der Waals surface area contributed by atoms with Gasteiger partial charge in [-0.25, -0.2) is 8.42 Å². The molecule has 0 spiro atoms. The molecular formula is C15H17N5O7S3. The van der Waals surface area contributed by atoms with Gasteiger partial charge in [-0.05, 0) is 13.0 Å². The molecule has 0 atom stereocenters. The lowest BCUT2D eigenvalue weighted by Crippen LogP contribution is -2.38. The van der Waals surface area contributed by atoms with Gasteiger partial charge in [0, 0.05) is 6.07 Å². The van der Waals surface area contributed by atoms with Crippen molar-refractivity contribution in [3.63, 3.8) is 0 Å². The highest BCUT2D eigenvalue weighted by Crippen LogP contribution is 2.30. The molecule has 0 radical (unpaired) electrons. The number of sulfonamides is 1. The molecule has 0 aliphatic heterocycles. The standard InChI is InChI=1S/C15H17N5O7S3/c1-9-10(5-4-6-11(9)20(23)24)19(30(3,25)26)7-12(21)16-14-17-18-15(29-14)28-8-13(22)27-2/h4-6H,7-8H2,1-3H3,(H,16,17,21). The zero-order valence-corrected chi connectivity index (χ0v) is 18.5. The van der Waals surface area contributed by atoms with Crippen LogP contribution in [0.15, 0.2) is 22.5 Å². The van der Waals surface area contributed by atoms with Gasteiger partial charge in [-0.3, -0.25) is 29.3 Å². The van der Waals surface area contributed by atoms with Gasteiger partial charge in [0.15, 0.2) is 4.34 Å². The lowest BCUT2D eigenvalue weighted by molar-refractivity contribution is -0.385. The van der Waals surface area contributed by atoms with Gasteiger partial charge in [0.05, 0.1) is 35.3 Å². The quantitative estimate of drug-likeness (QED) is 0.184. The van der Waals surface area contributed by atoms with E-state index in [9.17, 15) is 28.1 Å². The van der Waals surface area contributed by atoms with E-state index in [1.165, 1.54) is 32.2 Å². The molecule has 1 aromatic carbocycles. The van der Waals surface area contributed by atoms with Crippen LogP contribution in [0.3, 0.4) is 0 Å². The Labute approximate surface area is 179 Å². The van der Waals surface area contributed by atoms with Crippen LogP contribution in [0.4, 0.5) is 16.5 Å². The highest BCUT2D eigenvalue weighted by molar-refractivity contribution is 8.01. The number of thioether (sulfide) groups is 1. The maximum absolute atomic E-state index is 12.4. The Hall–Kier alpha value is -2.78. The summed E-state index contributed by atoms with van der Waals surface area (Å²) in [6.07, 6.45) is 0.894. The molecule has 15 heteroatoms. The molecule has 0 bridgehead atoms.